The number of benzene rings is 2. The molecule has 0 aliphatic carbocycles. The first kappa shape index (κ1) is 21.5. The summed E-state index contributed by atoms with van der Waals surface area (Å²) in [5, 5.41) is 7.38. The number of hydrogen-bond donors (Lipinski definition) is 1. The summed E-state index contributed by atoms with van der Waals surface area (Å²) < 4.78 is 0. The smallest absolute Gasteiger partial charge is 0.272 e. The zero-order chi connectivity index (χ0) is 22.3. The van der Waals surface area contributed by atoms with E-state index in [1.807, 2.05) is 36.4 Å². The maximum absolute atomic E-state index is 13.3. The molecule has 0 spiro atoms. The average molecular weight is 449 g/mol. The van der Waals surface area contributed by atoms with E-state index in [9.17, 15) is 9.59 Å². The molecule has 2 heterocycles. The van der Waals surface area contributed by atoms with Crippen LogP contribution in [-0.2, 0) is 21.0 Å². The lowest BCUT2D eigenvalue weighted by molar-refractivity contribution is -0.129. The van der Waals surface area contributed by atoms with Gasteiger partial charge in [-0.15, -0.1) is 0 Å². The van der Waals surface area contributed by atoms with Crippen molar-refractivity contribution in [3.8, 4) is 0 Å². The highest BCUT2D eigenvalue weighted by molar-refractivity contribution is 6.39. The zero-order valence-electron chi connectivity index (χ0n) is 17.1. The molecular weight excluding hydrogens is 428 g/mol. The Morgan fingerprint density at radius 3 is 2.56 bits per heavy atom. The van der Waals surface area contributed by atoms with Crippen LogP contribution in [0.15, 0.2) is 84.3 Å². The molecule has 4 rings (SSSR count). The van der Waals surface area contributed by atoms with Crippen molar-refractivity contribution in [2.75, 3.05) is 11.9 Å². The zero-order valence-corrected chi connectivity index (χ0v) is 17.9. The summed E-state index contributed by atoms with van der Waals surface area (Å²) in [6, 6.07) is 20.0. The average Bonchev–Trinajstić information content (AvgIpc) is 3.31. The monoisotopic (exact) mass is 448 g/mol. The number of nitrogens with one attached hydrogen (secondary N) is 1. The van der Waals surface area contributed by atoms with E-state index >= 15 is 0 Å². The molecule has 3 aromatic rings. The highest BCUT2D eigenvalue weighted by atomic mass is 35.5. The van der Waals surface area contributed by atoms with Gasteiger partial charge in [0.2, 0.25) is 5.91 Å². The number of anilines is 1. The predicted octanol–water partition coefficient (Wildman–Crippen LogP) is 4.22. The summed E-state index contributed by atoms with van der Waals surface area (Å²) in [5.41, 5.74) is 2.62. The largest absolute Gasteiger partial charge is 0.387 e. The number of amides is 2. The molecule has 1 aromatic heterocycles. The number of carbonyl (C=O) groups is 2. The normalized spacial score (nSPS) is 14.9. The van der Waals surface area contributed by atoms with Gasteiger partial charge in [0.05, 0.1) is 0 Å². The fraction of sp³-hybridized carbons (Fsp3) is 0.167. The van der Waals surface area contributed by atoms with Crippen LogP contribution in [0.1, 0.15) is 23.7 Å². The van der Waals surface area contributed by atoms with Crippen LogP contribution >= 0.6 is 11.6 Å². The van der Waals surface area contributed by atoms with Gasteiger partial charge in [-0.2, -0.15) is 0 Å². The van der Waals surface area contributed by atoms with Crippen LogP contribution in [0.2, 0.25) is 5.02 Å². The van der Waals surface area contributed by atoms with Crippen LogP contribution in [0.25, 0.3) is 0 Å². The number of halogens is 1. The van der Waals surface area contributed by atoms with Crippen molar-refractivity contribution in [3.63, 3.8) is 0 Å². The van der Waals surface area contributed by atoms with Gasteiger partial charge in [-0.05, 0) is 41.5 Å². The molecule has 8 heteroatoms. The van der Waals surface area contributed by atoms with Gasteiger partial charge < -0.3 is 15.1 Å². The Bertz CT molecular complexity index is 1110. The van der Waals surface area contributed by atoms with Gasteiger partial charge in [-0.25, -0.2) is 0 Å². The van der Waals surface area contributed by atoms with Gasteiger partial charge in [0.25, 0.3) is 5.91 Å². The lowest BCUT2D eigenvalue weighted by Crippen LogP contribution is -2.41. The van der Waals surface area contributed by atoms with Gasteiger partial charge >= 0.3 is 0 Å². The van der Waals surface area contributed by atoms with E-state index in [-0.39, 0.29) is 36.7 Å². The third-order valence-corrected chi connectivity index (χ3v) is 5.18. The standard InChI is InChI=1S/C24H21ClN4O3/c25-19-8-10-20(11-9-19)27-23(30)16-29(15-17-5-4-12-26-14-17)24(31)21-13-22(32-28-21)18-6-2-1-3-7-18/h1-12,14,22H,13,15-16H2,(H,27,30). The SMILES string of the molecule is O=C(CN(Cc1cccnc1)C(=O)C1=NOC(c2ccccc2)C1)Nc1ccc(Cl)cc1. The topological polar surface area (TPSA) is 83.9 Å². The molecule has 0 saturated heterocycles. The molecule has 2 aromatic carbocycles. The van der Waals surface area contributed by atoms with Crippen molar-refractivity contribution in [2.45, 2.75) is 19.1 Å². The molecule has 1 atom stereocenters. The molecular formula is C24H21ClN4O3. The highest BCUT2D eigenvalue weighted by Crippen LogP contribution is 2.27. The third-order valence-electron chi connectivity index (χ3n) is 4.93. The van der Waals surface area contributed by atoms with E-state index in [2.05, 4.69) is 15.5 Å². The molecule has 0 bridgehead atoms. The first-order valence-corrected chi connectivity index (χ1v) is 10.5. The van der Waals surface area contributed by atoms with Crippen LogP contribution in [0.5, 0.6) is 0 Å². The minimum absolute atomic E-state index is 0.147. The summed E-state index contributed by atoms with van der Waals surface area (Å²) >= 11 is 5.90. The summed E-state index contributed by atoms with van der Waals surface area (Å²) in [5.74, 6) is -0.678. The van der Waals surface area contributed by atoms with Gasteiger partial charge in [0, 0.05) is 36.1 Å². The summed E-state index contributed by atoms with van der Waals surface area (Å²) in [4.78, 5) is 37.0. The third kappa shape index (κ3) is 5.50. The molecule has 32 heavy (non-hydrogen) atoms. The van der Waals surface area contributed by atoms with E-state index in [1.165, 1.54) is 4.90 Å². The van der Waals surface area contributed by atoms with Crippen LogP contribution in [0.4, 0.5) is 5.69 Å². The number of nitrogens with zero attached hydrogens (tertiary/aromatic N) is 3. The molecule has 0 fully saturated rings. The number of carbonyl (C=O) groups excluding carboxylic acids is 2. The minimum atomic E-state index is -0.349. The molecule has 1 unspecified atom stereocenters. The second-order valence-corrected chi connectivity index (χ2v) is 7.76. The van der Waals surface area contributed by atoms with E-state index in [4.69, 9.17) is 16.4 Å². The molecule has 0 radical (unpaired) electrons. The molecule has 1 aliphatic rings. The lowest BCUT2D eigenvalue weighted by atomic mass is 10.0. The maximum atomic E-state index is 13.3. The number of oxime groups is 1. The quantitative estimate of drug-likeness (QED) is 0.586. The number of rotatable bonds is 7. The second-order valence-electron chi connectivity index (χ2n) is 7.32. The van der Waals surface area contributed by atoms with Crippen molar-refractivity contribution in [1.29, 1.82) is 0 Å². The molecule has 0 saturated carbocycles. The van der Waals surface area contributed by atoms with Crippen LogP contribution in [0.3, 0.4) is 0 Å². The first-order chi connectivity index (χ1) is 15.6. The second kappa shape index (κ2) is 10.1. The minimum Gasteiger partial charge on any atom is -0.387 e. The summed E-state index contributed by atoms with van der Waals surface area (Å²) in [6.45, 7) is 0.0705. The lowest BCUT2D eigenvalue weighted by Gasteiger charge is -2.22. The number of hydrogen-bond acceptors (Lipinski definition) is 5. The molecule has 1 aliphatic heterocycles. The van der Waals surface area contributed by atoms with Crippen LogP contribution in [-0.4, -0.2) is 34.0 Å². The van der Waals surface area contributed by atoms with Crippen LogP contribution < -0.4 is 5.32 Å². The molecule has 7 nitrogen and oxygen atoms in total. The van der Waals surface area contributed by atoms with E-state index in [0.717, 1.165) is 11.1 Å². The highest BCUT2D eigenvalue weighted by Gasteiger charge is 2.31. The van der Waals surface area contributed by atoms with Crippen molar-refractivity contribution >= 4 is 34.8 Å². The number of pyridine rings is 1. The van der Waals surface area contributed by atoms with Crippen molar-refractivity contribution in [3.05, 3.63) is 95.3 Å². The van der Waals surface area contributed by atoms with Crippen molar-refractivity contribution < 1.29 is 14.4 Å². The Balaban J connectivity index is 1.46. The predicted molar refractivity (Wildman–Crippen MR) is 122 cm³/mol. The Morgan fingerprint density at radius 2 is 1.84 bits per heavy atom. The van der Waals surface area contributed by atoms with Gasteiger partial charge in [0.1, 0.15) is 12.3 Å². The van der Waals surface area contributed by atoms with E-state index in [1.54, 1.807) is 42.7 Å². The van der Waals surface area contributed by atoms with Gasteiger partial charge in [-0.3, -0.25) is 14.6 Å². The maximum Gasteiger partial charge on any atom is 0.272 e. The Hall–Kier alpha value is -3.71. The van der Waals surface area contributed by atoms with E-state index < -0.39 is 0 Å². The van der Waals surface area contributed by atoms with Gasteiger partial charge in [-0.1, -0.05) is 53.2 Å². The van der Waals surface area contributed by atoms with Gasteiger partial charge in [0.15, 0.2) is 6.10 Å². The molecule has 2 amide bonds. The Morgan fingerprint density at radius 1 is 1.06 bits per heavy atom. The summed E-state index contributed by atoms with van der Waals surface area (Å²) in [7, 11) is 0. The molecule has 162 valence electrons. The first-order valence-electron chi connectivity index (χ1n) is 10.1. The van der Waals surface area contributed by atoms with E-state index in [0.29, 0.717) is 17.1 Å². The fourth-order valence-electron chi connectivity index (χ4n) is 3.35. The summed E-state index contributed by atoms with van der Waals surface area (Å²) in [6.07, 6.45) is 3.34. The van der Waals surface area contributed by atoms with Crippen molar-refractivity contribution in [2.24, 2.45) is 5.16 Å². The Kier molecular flexibility index (Phi) is 6.77. The Labute approximate surface area is 190 Å². The fourth-order valence-corrected chi connectivity index (χ4v) is 3.48. The van der Waals surface area contributed by atoms with Crippen molar-refractivity contribution in [1.82, 2.24) is 9.88 Å². The molecule has 1 N–H and O–H groups in total. The van der Waals surface area contributed by atoms with Crippen LogP contribution in [0, 0.1) is 0 Å². The number of aromatic nitrogens is 1.